The molecule has 0 heterocycles. The second-order valence-corrected chi connectivity index (χ2v) is 11.9. The van der Waals surface area contributed by atoms with Crippen molar-refractivity contribution in [1.29, 1.82) is 0 Å². The maximum Gasteiger partial charge on any atom is 0.264 e. The van der Waals surface area contributed by atoms with Gasteiger partial charge in [-0.05, 0) is 63.1 Å². The van der Waals surface area contributed by atoms with Gasteiger partial charge in [0.15, 0.2) is 0 Å². The van der Waals surface area contributed by atoms with Gasteiger partial charge in [0.2, 0.25) is 11.8 Å². The van der Waals surface area contributed by atoms with Gasteiger partial charge in [-0.3, -0.25) is 13.9 Å². The molecule has 0 saturated heterocycles. The number of carbonyl (C=O) groups excluding carboxylic acids is 2. The number of nitrogens with zero attached hydrogens (tertiary/aromatic N) is 2. The van der Waals surface area contributed by atoms with Crippen molar-refractivity contribution >= 4 is 39.1 Å². The molecule has 2 amide bonds. The second-order valence-electron chi connectivity index (χ2n) is 9.64. The first kappa shape index (κ1) is 31.0. The van der Waals surface area contributed by atoms with E-state index < -0.39 is 28.5 Å². The average molecular weight is 586 g/mol. The van der Waals surface area contributed by atoms with Crippen LogP contribution in [-0.4, -0.2) is 50.9 Å². The van der Waals surface area contributed by atoms with E-state index in [0.717, 1.165) is 21.9 Å². The van der Waals surface area contributed by atoms with Crippen LogP contribution in [0.3, 0.4) is 0 Å². The molecule has 0 aliphatic rings. The second kappa shape index (κ2) is 13.7. The zero-order valence-electron chi connectivity index (χ0n) is 23.4. The first-order valence-corrected chi connectivity index (χ1v) is 14.9. The number of carbonyl (C=O) groups is 2. The van der Waals surface area contributed by atoms with Crippen LogP contribution in [0, 0.1) is 6.92 Å². The molecule has 0 aliphatic heterocycles. The number of benzene rings is 3. The third-order valence-electron chi connectivity index (χ3n) is 6.68. The third-order valence-corrected chi connectivity index (χ3v) is 8.76. The largest absolute Gasteiger partial charge is 0.495 e. The predicted molar refractivity (Wildman–Crippen MR) is 158 cm³/mol. The van der Waals surface area contributed by atoms with E-state index >= 15 is 0 Å². The van der Waals surface area contributed by atoms with Crippen molar-refractivity contribution < 1.29 is 22.7 Å². The van der Waals surface area contributed by atoms with Gasteiger partial charge < -0.3 is 15.0 Å². The Morgan fingerprint density at radius 2 is 1.65 bits per heavy atom. The number of hydrogen-bond donors (Lipinski definition) is 1. The minimum Gasteiger partial charge on any atom is -0.495 e. The molecular weight excluding hydrogens is 550 g/mol. The van der Waals surface area contributed by atoms with Gasteiger partial charge in [-0.15, -0.1) is 0 Å². The van der Waals surface area contributed by atoms with Crippen LogP contribution in [0.1, 0.15) is 38.3 Å². The first-order valence-electron chi connectivity index (χ1n) is 13.0. The van der Waals surface area contributed by atoms with Crippen LogP contribution in [-0.2, 0) is 26.2 Å². The van der Waals surface area contributed by atoms with Gasteiger partial charge in [-0.1, -0.05) is 66.6 Å². The summed E-state index contributed by atoms with van der Waals surface area (Å²) in [6, 6.07) is 19.2. The van der Waals surface area contributed by atoms with E-state index in [2.05, 4.69) is 5.32 Å². The van der Waals surface area contributed by atoms with Crippen molar-refractivity contribution in [3.8, 4) is 5.75 Å². The fraction of sp³-hybridized carbons (Fsp3) is 0.333. The number of ether oxygens (including phenoxy) is 1. The van der Waals surface area contributed by atoms with Gasteiger partial charge in [0.25, 0.3) is 10.0 Å². The number of rotatable bonds is 12. The normalized spacial score (nSPS) is 12.8. The molecule has 0 bridgehead atoms. The lowest BCUT2D eigenvalue weighted by atomic mass is 10.1. The SMILES string of the molecule is CC[C@H](C)NC(=O)[C@@H](C)N(Cc1ccccc1)C(=O)CN(c1ccc(OC)c(Cl)c1)S(=O)(=O)c1ccc(C)cc1. The van der Waals surface area contributed by atoms with E-state index in [0.29, 0.717) is 5.75 Å². The van der Waals surface area contributed by atoms with E-state index in [-0.39, 0.29) is 34.1 Å². The van der Waals surface area contributed by atoms with Crippen LogP contribution in [0.2, 0.25) is 5.02 Å². The molecule has 40 heavy (non-hydrogen) atoms. The maximum atomic E-state index is 14.0. The summed E-state index contributed by atoms with van der Waals surface area (Å²) >= 11 is 6.36. The van der Waals surface area contributed by atoms with Crippen molar-refractivity contribution in [1.82, 2.24) is 10.2 Å². The summed E-state index contributed by atoms with van der Waals surface area (Å²) in [5.74, 6) is -0.497. The maximum absolute atomic E-state index is 14.0. The summed E-state index contributed by atoms with van der Waals surface area (Å²) in [5, 5.41) is 3.11. The van der Waals surface area contributed by atoms with Crippen LogP contribution in [0.4, 0.5) is 5.69 Å². The van der Waals surface area contributed by atoms with Gasteiger partial charge in [0.1, 0.15) is 18.3 Å². The molecule has 3 aromatic carbocycles. The van der Waals surface area contributed by atoms with Crippen molar-refractivity contribution in [2.75, 3.05) is 18.0 Å². The van der Waals surface area contributed by atoms with Crippen molar-refractivity contribution in [2.45, 2.75) is 57.6 Å². The van der Waals surface area contributed by atoms with Crippen molar-refractivity contribution in [3.05, 3.63) is 88.9 Å². The average Bonchev–Trinajstić information content (AvgIpc) is 2.94. The van der Waals surface area contributed by atoms with Crippen LogP contribution in [0.15, 0.2) is 77.7 Å². The highest BCUT2D eigenvalue weighted by molar-refractivity contribution is 7.92. The lowest BCUT2D eigenvalue weighted by molar-refractivity contribution is -0.139. The zero-order valence-corrected chi connectivity index (χ0v) is 25.0. The summed E-state index contributed by atoms with van der Waals surface area (Å²) in [6.07, 6.45) is 0.728. The topological polar surface area (TPSA) is 96.0 Å². The number of anilines is 1. The van der Waals surface area contributed by atoms with Crippen LogP contribution in [0.5, 0.6) is 5.75 Å². The van der Waals surface area contributed by atoms with E-state index in [1.807, 2.05) is 51.1 Å². The van der Waals surface area contributed by atoms with Gasteiger partial charge in [-0.25, -0.2) is 8.42 Å². The number of sulfonamides is 1. The van der Waals surface area contributed by atoms with Crippen LogP contribution in [0.25, 0.3) is 0 Å². The molecule has 10 heteroatoms. The van der Waals surface area contributed by atoms with E-state index in [1.54, 1.807) is 25.1 Å². The van der Waals surface area contributed by atoms with Gasteiger partial charge in [0, 0.05) is 12.6 Å². The summed E-state index contributed by atoms with van der Waals surface area (Å²) in [6.45, 7) is 6.91. The molecule has 3 rings (SSSR count). The predicted octanol–water partition coefficient (Wildman–Crippen LogP) is 5.18. The Bertz CT molecular complexity index is 1420. The highest BCUT2D eigenvalue weighted by Crippen LogP contribution is 2.32. The number of halogens is 1. The monoisotopic (exact) mass is 585 g/mol. The number of amides is 2. The highest BCUT2D eigenvalue weighted by Gasteiger charge is 2.33. The van der Waals surface area contributed by atoms with Crippen molar-refractivity contribution in [3.63, 3.8) is 0 Å². The first-order chi connectivity index (χ1) is 19.0. The van der Waals surface area contributed by atoms with Gasteiger partial charge in [-0.2, -0.15) is 0 Å². The molecule has 2 atom stereocenters. The Morgan fingerprint density at radius 3 is 2.23 bits per heavy atom. The molecule has 8 nitrogen and oxygen atoms in total. The standard InChI is InChI=1S/C30H36ClN3O5S/c1-6-22(3)32-30(36)23(4)33(19-24-10-8-7-9-11-24)29(35)20-34(25-14-17-28(39-5)27(31)18-25)40(37,38)26-15-12-21(2)13-16-26/h7-18,22-23H,6,19-20H2,1-5H3,(H,32,36)/t22-,23+/m0/s1. The molecule has 0 spiro atoms. The van der Waals surface area contributed by atoms with Crippen molar-refractivity contribution in [2.24, 2.45) is 0 Å². The van der Waals surface area contributed by atoms with Crippen LogP contribution < -0.4 is 14.4 Å². The molecule has 0 fully saturated rings. The molecule has 3 aromatic rings. The Hall–Kier alpha value is -3.56. The minimum atomic E-state index is -4.19. The number of hydrogen-bond acceptors (Lipinski definition) is 5. The summed E-state index contributed by atoms with van der Waals surface area (Å²) in [7, 11) is -2.73. The number of methoxy groups -OCH3 is 1. The Kier molecular flexibility index (Phi) is 10.6. The van der Waals surface area contributed by atoms with E-state index in [4.69, 9.17) is 16.3 Å². The number of aryl methyl sites for hydroxylation is 1. The molecule has 0 aromatic heterocycles. The smallest absolute Gasteiger partial charge is 0.264 e. The number of nitrogens with one attached hydrogen (secondary N) is 1. The third kappa shape index (κ3) is 7.55. The van der Waals surface area contributed by atoms with E-state index in [9.17, 15) is 18.0 Å². The van der Waals surface area contributed by atoms with Gasteiger partial charge in [0.05, 0.1) is 22.7 Å². The lowest BCUT2D eigenvalue weighted by Crippen LogP contribution is -2.52. The fourth-order valence-electron chi connectivity index (χ4n) is 4.00. The Morgan fingerprint density at radius 1 is 1.00 bits per heavy atom. The van der Waals surface area contributed by atoms with Crippen LogP contribution >= 0.6 is 11.6 Å². The summed E-state index contributed by atoms with van der Waals surface area (Å²) in [5.41, 5.74) is 1.89. The molecule has 0 unspecified atom stereocenters. The van der Waals surface area contributed by atoms with E-state index in [1.165, 1.54) is 36.3 Å². The summed E-state index contributed by atoms with van der Waals surface area (Å²) < 4.78 is 34.1. The zero-order chi connectivity index (χ0) is 29.4. The van der Waals surface area contributed by atoms with Gasteiger partial charge >= 0.3 is 0 Å². The Labute approximate surface area is 241 Å². The molecule has 214 valence electrons. The Balaban J connectivity index is 2.05. The minimum absolute atomic E-state index is 0.0232. The molecule has 0 aliphatic carbocycles. The molecular formula is C30H36ClN3O5S. The summed E-state index contributed by atoms with van der Waals surface area (Å²) in [4.78, 5) is 28.5. The highest BCUT2D eigenvalue weighted by atomic mass is 35.5. The lowest BCUT2D eigenvalue weighted by Gasteiger charge is -2.32. The molecule has 0 radical (unpaired) electrons. The molecule has 0 saturated carbocycles. The fourth-order valence-corrected chi connectivity index (χ4v) is 5.66. The quantitative estimate of drug-likeness (QED) is 0.316. The molecule has 1 N–H and O–H groups in total.